The number of ether oxygens (including phenoxy) is 1. The molecule has 2 rings (SSSR count). The largest absolute Gasteiger partial charge is 0.493 e. The number of hydrogen-bond acceptors (Lipinski definition) is 3. The summed E-state index contributed by atoms with van der Waals surface area (Å²) in [5, 5.41) is 6.50. The highest BCUT2D eigenvalue weighted by Crippen LogP contribution is 2.25. The maximum absolute atomic E-state index is 12.2. The number of thiocarbonyl (C=S) groups is 1. The Morgan fingerprint density at radius 1 is 1.29 bits per heavy atom. The van der Waals surface area contributed by atoms with Crippen LogP contribution in [0.1, 0.15) is 22.8 Å². The van der Waals surface area contributed by atoms with E-state index in [4.69, 9.17) is 28.6 Å². The van der Waals surface area contributed by atoms with Crippen molar-refractivity contribution in [3.8, 4) is 5.75 Å². The van der Waals surface area contributed by atoms with E-state index in [2.05, 4.69) is 26.6 Å². The molecule has 0 bridgehead atoms. The van der Waals surface area contributed by atoms with Crippen molar-refractivity contribution < 1.29 is 9.53 Å². The number of hydrogen-bond donors (Lipinski definition) is 2. The second kappa shape index (κ2) is 9.01. The predicted molar refractivity (Wildman–Crippen MR) is 104 cm³/mol. The van der Waals surface area contributed by atoms with Gasteiger partial charge in [0.05, 0.1) is 11.1 Å². The minimum absolute atomic E-state index is 0.241. The number of rotatable bonds is 5. The van der Waals surface area contributed by atoms with Crippen LogP contribution in [-0.2, 0) is 6.54 Å². The van der Waals surface area contributed by atoms with Gasteiger partial charge >= 0.3 is 0 Å². The van der Waals surface area contributed by atoms with E-state index in [1.165, 1.54) is 0 Å². The predicted octanol–water partition coefficient (Wildman–Crippen LogP) is 4.31. The summed E-state index contributed by atoms with van der Waals surface area (Å²) in [6.07, 6.45) is 0. The standard InChI is InChI=1S/C17H16BrClN2O2S/c1-2-23-15-8-7-11(9-13(15)18)16(22)21-17(24)20-10-12-5-3-4-6-14(12)19/h3-9H,2,10H2,1H3,(H2,20,21,22,24). The van der Waals surface area contributed by atoms with Gasteiger partial charge in [0.15, 0.2) is 5.11 Å². The number of nitrogens with one attached hydrogen (secondary N) is 2. The highest BCUT2D eigenvalue weighted by molar-refractivity contribution is 9.10. The zero-order valence-corrected chi connectivity index (χ0v) is 16.1. The van der Waals surface area contributed by atoms with Crippen molar-refractivity contribution in [3.05, 3.63) is 63.1 Å². The molecule has 0 aromatic heterocycles. The summed E-state index contributed by atoms with van der Waals surface area (Å²) in [4.78, 5) is 12.2. The average molecular weight is 428 g/mol. The normalized spacial score (nSPS) is 10.1. The number of benzene rings is 2. The molecular weight excluding hydrogens is 412 g/mol. The lowest BCUT2D eigenvalue weighted by atomic mass is 10.2. The van der Waals surface area contributed by atoms with Crippen molar-refractivity contribution in [2.45, 2.75) is 13.5 Å². The van der Waals surface area contributed by atoms with Crippen LogP contribution >= 0.6 is 39.7 Å². The zero-order chi connectivity index (χ0) is 17.5. The van der Waals surface area contributed by atoms with E-state index in [-0.39, 0.29) is 11.0 Å². The number of carbonyl (C=O) groups is 1. The van der Waals surface area contributed by atoms with Crippen LogP contribution < -0.4 is 15.4 Å². The maximum Gasteiger partial charge on any atom is 0.257 e. The van der Waals surface area contributed by atoms with E-state index in [0.717, 1.165) is 5.56 Å². The molecule has 2 aromatic carbocycles. The molecule has 0 aliphatic carbocycles. The minimum Gasteiger partial charge on any atom is -0.493 e. The zero-order valence-electron chi connectivity index (χ0n) is 12.9. The van der Waals surface area contributed by atoms with Gasteiger partial charge in [0.25, 0.3) is 5.91 Å². The summed E-state index contributed by atoms with van der Waals surface area (Å²) in [6, 6.07) is 12.6. The second-order valence-corrected chi connectivity index (χ2v) is 6.48. The van der Waals surface area contributed by atoms with Gasteiger partial charge in [-0.25, -0.2) is 0 Å². The molecule has 0 unspecified atom stereocenters. The average Bonchev–Trinajstić information content (AvgIpc) is 2.56. The van der Waals surface area contributed by atoms with Crippen LogP contribution in [-0.4, -0.2) is 17.6 Å². The van der Waals surface area contributed by atoms with Gasteiger partial charge in [0, 0.05) is 17.1 Å². The fourth-order valence-electron chi connectivity index (χ4n) is 1.95. The molecule has 2 aromatic rings. The van der Waals surface area contributed by atoms with E-state index in [1.807, 2.05) is 25.1 Å². The van der Waals surface area contributed by atoms with Crippen molar-refractivity contribution in [2.75, 3.05) is 6.61 Å². The Bertz CT molecular complexity index is 755. The Labute approximate surface area is 159 Å². The summed E-state index contributed by atoms with van der Waals surface area (Å²) in [7, 11) is 0. The van der Waals surface area contributed by atoms with Crippen LogP contribution in [0.4, 0.5) is 0 Å². The van der Waals surface area contributed by atoms with Crippen molar-refractivity contribution >= 4 is 50.8 Å². The molecule has 0 spiro atoms. The molecule has 0 fully saturated rings. The molecule has 4 nitrogen and oxygen atoms in total. The molecule has 0 radical (unpaired) electrons. The second-order valence-electron chi connectivity index (χ2n) is 4.81. The summed E-state index contributed by atoms with van der Waals surface area (Å²) in [5.41, 5.74) is 1.38. The molecule has 0 aliphatic heterocycles. The van der Waals surface area contributed by atoms with E-state index >= 15 is 0 Å². The third kappa shape index (κ3) is 5.19. The first kappa shape index (κ1) is 18.7. The van der Waals surface area contributed by atoms with Crippen LogP contribution in [0.2, 0.25) is 5.02 Å². The molecular formula is C17H16BrClN2O2S. The van der Waals surface area contributed by atoms with Gasteiger partial charge in [0.2, 0.25) is 0 Å². The van der Waals surface area contributed by atoms with Gasteiger partial charge in [-0.1, -0.05) is 29.8 Å². The van der Waals surface area contributed by atoms with E-state index in [1.54, 1.807) is 24.3 Å². The Morgan fingerprint density at radius 2 is 2.04 bits per heavy atom. The molecule has 2 N–H and O–H groups in total. The van der Waals surface area contributed by atoms with Crippen LogP contribution in [0.3, 0.4) is 0 Å². The highest BCUT2D eigenvalue weighted by Gasteiger charge is 2.11. The summed E-state index contributed by atoms with van der Waals surface area (Å²) in [5.74, 6) is 0.392. The third-order valence-electron chi connectivity index (χ3n) is 3.12. The molecule has 126 valence electrons. The Kier molecular flexibility index (Phi) is 7.02. The van der Waals surface area contributed by atoms with E-state index in [0.29, 0.717) is 34.0 Å². The van der Waals surface area contributed by atoms with Crippen molar-refractivity contribution in [3.63, 3.8) is 0 Å². The first-order chi connectivity index (χ1) is 11.5. The summed E-state index contributed by atoms with van der Waals surface area (Å²) in [6.45, 7) is 2.89. The lowest BCUT2D eigenvalue weighted by Gasteiger charge is -2.11. The maximum atomic E-state index is 12.2. The van der Waals surface area contributed by atoms with Gasteiger partial charge in [0.1, 0.15) is 5.75 Å². The first-order valence-corrected chi connectivity index (χ1v) is 8.84. The van der Waals surface area contributed by atoms with Crippen molar-refractivity contribution in [1.82, 2.24) is 10.6 Å². The highest BCUT2D eigenvalue weighted by atomic mass is 79.9. The number of carbonyl (C=O) groups excluding carboxylic acids is 1. The Hall–Kier alpha value is -1.63. The van der Waals surface area contributed by atoms with Gasteiger partial charge in [-0.2, -0.15) is 0 Å². The quantitative estimate of drug-likeness (QED) is 0.698. The third-order valence-corrected chi connectivity index (χ3v) is 4.35. The minimum atomic E-state index is -0.296. The van der Waals surface area contributed by atoms with Gasteiger partial charge in [-0.3, -0.25) is 10.1 Å². The molecule has 0 saturated carbocycles. The monoisotopic (exact) mass is 426 g/mol. The fraction of sp³-hybridized carbons (Fsp3) is 0.176. The van der Waals surface area contributed by atoms with E-state index < -0.39 is 0 Å². The molecule has 7 heteroatoms. The molecule has 0 saturated heterocycles. The van der Waals surface area contributed by atoms with Gasteiger partial charge < -0.3 is 10.1 Å². The van der Waals surface area contributed by atoms with Gasteiger partial charge in [-0.05, 0) is 64.9 Å². The Morgan fingerprint density at radius 3 is 2.71 bits per heavy atom. The SMILES string of the molecule is CCOc1ccc(C(=O)NC(=S)NCc2ccccc2Cl)cc1Br. The van der Waals surface area contributed by atoms with Gasteiger partial charge in [-0.15, -0.1) is 0 Å². The molecule has 0 aliphatic rings. The Balaban J connectivity index is 1.93. The van der Waals surface area contributed by atoms with E-state index in [9.17, 15) is 4.79 Å². The van der Waals surface area contributed by atoms with Crippen LogP contribution in [0.15, 0.2) is 46.9 Å². The van der Waals surface area contributed by atoms with Crippen LogP contribution in [0.5, 0.6) is 5.75 Å². The lowest BCUT2D eigenvalue weighted by molar-refractivity contribution is 0.0976. The summed E-state index contributed by atoms with van der Waals surface area (Å²) < 4.78 is 6.14. The topological polar surface area (TPSA) is 50.4 Å². The van der Waals surface area contributed by atoms with Crippen molar-refractivity contribution in [1.29, 1.82) is 0 Å². The molecule has 0 atom stereocenters. The lowest BCUT2D eigenvalue weighted by Crippen LogP contribution is -2.38. The number of amides is 1. The molecule has 0 heterocycles. The smallest absolute Gasteiger partial charge is 0.257 e. The van der Waals surface area contributed by atoms with Crippen molar-refractivity contribution in [2.24, 2.45) is 0 Å². The van der Waals surface area contributed by atoms with Crippen LogP contribution in [0.25, 0.3) is 0 Å². The van der Waals surface area contributed by atoms with Crippen LogP contribution in [0, 0.1) is 0 Å². The fourth-order valence-corrected chi connectivity index (χ4v) is 2.81. The molecule has 1 amide bonds. The molecule has 24 heavy (non-hydrogen) atoms. The first-order valence-electron chi connectivity index (χ1n) is 7.26. The summed E-state index contributed by atoms with van der Waals surface area (Å²) >= 11 is 14.6. The number of halogens is 2.